The summed E-state index contributed by atoms with van der Waals surface area (Å²) in [7, 11) is 0. The summed E-state index contributed by atoms with van der Waals surface area (Å²) in [6.07, 6.45) is 1.61. The first-order valence-electron chi connectivity index (χ1n) is 12.7. The van der Waals surface area contributed by atoms with Crippen LogP contribution in [-0.4, -0.2) is 42.4 Å². The Morgan fingerprint density at radius 2 is 1.66 bits per heavy atom. The number of anilines is 1. The number of hydrogen-bond acceptors (Lipinski definition) is 4. The van der Waals surface area contributed by atoms with Crippen molar-refractivity contribution in [3.63, 3.8) is 0 Å². The maximum Gasteiger partial charge on any atom is 0.310 e. The molecule has 0 unspecified atom stereocenters. The van der Waals surface area contributed by atoms with Gasteiger partial charge in [-0.15, -0.1) is 0 Å². The van der Waals surface area contributed by atoms with Crippen LogP contribution >= 0.6 is 0 Å². The lowest BCUT2D eigenvalue weighted by atomic mass is 9.97. The quantitative estimate of drug-likeness (QED) is 0.385. The normalized spacial score (nSPS) is 15.1. The van der Waals surface area contributed by atoms with Crippen LogP contribution < -0.4 is 4.90 Å². The van der Waals surface area contributed by atoms with Crippen LogP contribution in [0.15, 0.2) is 72.8 Å². The monoisotopic (exact) mass is 520 g/mol. The third-order valence-electron chi connectivity index (χ3n) is 6.57. The van der Waals surface area contributed by atoms with E-state index in [-0.39, 0.29) is 42.1 Å². The fraction of sp³-hybridized carbons (Fsp3) is 0.300. The second kappa shape index (κ2) is 12.4. The van der Waals surface area contributed by atoms with Crippen molar-refractivity contribution in [2.75, 3.05) is 24.6 Å². The van der Waals surface area contributed by atoms with Crippen LogP contribution in [0, 0.1) is 17.6 Å². The first-order valence-corrected chi connectivity index (χ1v) is 12.7. The van der Waals surface area contributed by atoms with Crippen molar-refractivity contribution in [2.45, 2.75) is 32.7 Å². The highest BCUT2D eigenvalue weighted by Crippen LogP contribution is 2.23. The maximum absolute atomic E-state index is 13.8. The van der Waals surface area contributed by atoms with Crippen LogP contribution in [0.2, 0.25) is 0 Å². The molecule has 0 bridgehead atoms. The summed E-state index contributed by atoms with van der Waals surface area (Å²) in [5, 5.41) is 0. The zero-order valence-corrected chi connectivity index (χ0v) is 21.2. The molecule has 0 N–H and O–H groups in total. The second-order valence-electron chi connectivity index (χ2n) is 9.30. The lowest BCUT2D eigenvalue weighted by molar-refractivity contribution is -0.151. The highest BCUT2D eigenvalue weighted by molar-refractivity contribution is 6.06. The van der Waals surface area contributed by atoms with Crippen molar-refractivity contribution in [3.05, 3.63) is 101 Å². The van der Waals surface area contributed by atoms with E-state index in [0.29, 0.717) is 37.4 Å². The van der Waals surface area contributed by atoms with Gasteiger partial charge in [-0.05, 0) is 73.4 Å². The standard InChI is InChI=1S/C30H30F2N2O4/c1-2-38-30(37)24-6-4-16-33(20-24)28(35)17-21-10-14-27(15-11-21)34(19-22-8-12-25(31)13-9-22)29(36)23-5-3-7-26(32)18-23/h3,5,7-15,18,24H,2,4,6,16-17,19-20H2,1H3/t24-/m0/s1. The minimum Gasteiger partial charge on any atom is -0.466 e. The lowest BCUT2D eigenvalue weighted by Crippen LogP contribution is -2.43. The van der Waals surface area contributed by atoms with Gasteiger partial charge in [0.25, 0.3) is 5.91 Å². The molecule has 1 heterocycles. The molecular formula is C30H30F2N2O4. The molecule has 0 saturated carbocycles. The van der Waals surface area contributed by atoms with Crippen LogP contribution in [0.3, 0.4) is 0 Å². The van der Waals surface area contributed by atoms with Gasteiger partial charge in [-0.25, -0.2) is 8.78 Å². The van der Waals surface area contributed by atoms with E-state index in [1.807, 2.05) is 0 Å². The molecule has 0 spiro atoms. The topological polar surface area (TPSA) is 66.9 Å². The summed E-state index contributed by atoms with van der Waals surface area (Å²) in [6.45, 7) is 3.18. The van der Waals surface area contributed by atoms with Gasteiger partial charge in [0, 0.05) is 24.3 Å². The van der Waals surface area contributed by atoms with Crippen LogP contribution in [0.1, 0.15) is 41.3 Å². The third-order valence-corrected chi connectivity index (χ3v) is 6.57. The first kappa shape index (κ1) is 27.0. The fourth-order valence-electron chi connectivity index (χ4n) is 4.57. The smallest absolute Gasteiger partial charge is 0.310 e. The summed E-state index contributed by atoms with van der Waals surface area (Å²) in [5.74, 6) is -1.95. The average molecular weight is 521 g/mol. The summed E-state index contributed by atoms with van der Waals surface area (Å²) < 4.78 is 32.4. The van der Waals surface area contributed by atoms with Crippen molar-refractivity contribution in [1.82, 2.24) is 4.90 Å². The number of esters is 1. The predicted molar refractivity (Wildman–Crippen MR) is 139 cm³/mol. The fourth-order valence-corrected chi connectivity index (χ4v) is 4.57. The number of hydrogen-bond donors (Lipinski definition) is 0. The number of amides is 2. The van der Waals surface area contributed by atoms with E-state index in [4.69, 9.17) is 4.74 Å². The molecular weight excluding hydrogens is 490 g/mol. The van der Waals surface area contributed by atoms with Crippen molar-refractivity contribution in [1.29, 1.82) is 0 Å². The van der Waals surface area contributed by atoms with E-state index in [2.05, 4.69) is 0 Å². The first-order chi connectivity index (χ1) is 18.3. The number of piperidine rings is 1. The van der Waals surface area contributed by atoms with Gasteiger partial charge in [-0.3, -0.25) is 14.4 Å². The molecule has 1 fully saturated rings. The van der Waals surface area contributed by atoms with Crippen molar-refractivity contribution in [2.24, 2.45) is 5.92 Å². The van der Waals surface area contributed by atoms with Gasteiger partial charge >= 0.3 is 5.97 Å². The number of likely N-dealkylation sites (tertiary alicyclic amines) is 1. The van der Waals surface area contributed by atoms with E-state index < -0.39 is 11.7 Å². The Morgan fingerprint density at radius 1 is 0.947 bits per heavy atom. The number of halogens is 2. The molecule has 198 valence electrons. The van der Waals surface area contributed by atoms with E-state index in [1.165, 1.54) is 41.3 Å². The molecule has 1 atom stereocenters. The summed E-state index contributed by atoms with van der Waals surface area (Å²) >= 11 is 0. The summed E-state index contributed by atoms with van der Waals surface area (Å²) in [4.78, 5) is 41.6. The summed E-state index contributed by atoms with van der Waals surface area (Å²) in [5.41, 5.74) is 2.21. The van der Waals surface area contributed by atoms with E-state index >= 15 is 0 Å². The van der Waals surface area contributed by atoms with Gasteiger partial charge in [0.15, 0.2) is 0 Å². The van der Waals surface area contributed by atoms with E-state index in [1.54, 1.807) is 48.2 Å². The number of carbonyl (C=O) groups is 3. The lowest BCUT2D eigenvalue weighted by Gasteiger charge is -2.31. The molecule has 0 aliphatic carbocycles. The van der Waals surface area contributed by atoms with Gasteiger partial charge < -0.3 is 14.5 Å². The number of ether oxygens (including phenoxy) is 1. The molecule has 0 aromatic heterocycles. The number of benzene rings is 3. The average Bonchev–Trinajstić information content (AvgIpc) is 2.93. The Balaban J connectivity index is 1.49. The van der Waals surface area contributed by atoms with Crippen LogP contribution in [0.4, 0.5) is 14.5 Å². The number of rotatable bonds is 8. The zero-order chi connectivity index (χ0) is 27.1. The van der Waals surface area contributed by atoms with Gasteiger partial charge in [-0.1, -0.05) is 30.3 Å². The largest absolute Gasteiger partial charge is 0.466 e. The Labute approximate surface area is 220 Å². The predicted octanol–water partition coefficient (Wildman–Crippen LogP) is 5.16. The molecule has 1 saturated heterocycles. The Morgan fingerprint density at radius 3 is 2.34 bits per heavy atom. The maximum atomic E-state index is 13.8. The molecule has 6 nitrogen and oxygen atoms in total. The minimum atomic E-state index is -0.519. The second-order valence-corrected chi connectivity index (χ2v) is 9.30. The SMILES string of the molecule is CCOC(=O)[C@H]1CCCN(C(=O)Cc2ccc(N(Cc3ccc(F)cc3)C(=O)c3cccc(F)c3)cc2)C1. The number of nitrogens with zero attached hydrogens (tertiary/aromatic N) is 2. The van der Waals surface area contributed by atoms with E-state index in [9.17, 15) is 23.2 Å². The Hall–Kier alpha value is -4.07. The zero-order valence-electron chi connectivity index (χ0n) is 21.2. The van der Waals surface area contributed by atoms with Gasteiger partial charge in [0.2, 0.25) is 5.91 Å². The minimum absolute atomic E-state index is 0.0780. The van der Waals surface area contributed by atoms with Crippen molar-refractivity contribution in [3.8, 4) is 0 Å². The van der Waals surface area contributed by atoms with Crippen LogP contribution in [-0.2, 0) is 27.3 Å². The molecule has 4 rings (SSSR count). The highest BCUT2D eigenvalue weighted by atomic mass is 19.1. The van der Waals surface area contributed by atoms with Crippen LogP contribution in [0.5, 0.6) is 0 Å². The summed E-state index contributed by atoms with van der Waals surface area (Å²) in [6, 6.07) is 18.3. The van der Waals surface area contributed by atoms with Crippen LogP contribution in [0.25, 0.3) is 0 Å². The molecule has 0 radical (unpaired) electrons. The molecule has 1 aliphatic heterocycles. The number of carbonyl (C=O) groups excluding carboxylic acids is 3. The van der Waals surface area contributed by atoms with E-state index in [0.717, 1.165) is 12.0 Å². The van der Waals surface area contributed by atoms with Crippen molar-refractivity contribution < 1.29 is 27.9 Å². The molecule has 38 heavy (non-hydrogen) atoms. The third kappa shape index (κ3) is 6.82. The van der Waals surface area contributed by atoms with Crippen molar-refractivity contribution >= 4 is 23.5 Å². The van der Waals surface area contributed by atoms with Gasteiger partial charge in [0.1, 0.15) is 11.6 Å². The molecule has 2 amide bonds. The Kier molecular flexibility index (Phi) is 8.84. The molecule has 1 aliphatic rings. The highest BCUT2D eigenvalue weighted by Gasteiger charge is 2.29. The van der Waals surface area contributed by atoms with Gasteiger partial charge in [0.05, 0.1) is 25.5 Å². The van der Waals surface area contributed by atoms with Gasteiger partial charge in [-0.2, -0.15) is 0 Å². The Bertz CT molecular complexity index is 1280. The molecule has 3 aromatic carbocycles. The molecule has 3 aromatic rings. The molecule has 8 heteroatoms.